The molecule has 6 nitrogen and oxygen atoms in total. The highest BCUT2D eigenvalue weighted by Crippen LogP contribution is 2.38. The fourth-order valence-electron chi connectivity index (χ4n) is 4.07. The van der Waals surface area contributed by atoms with Gasteiger partial charge >= 0.3 is 0 Å². The van der Waals surface area contributed by atoms with Gasteiger partial charge in [-0.2, -0.15) is 5.10 Å². The van der Waals surface area contributed by atoms with Gasteiger partial charge in [0.1, 0.15) is 11.4 Å². The number of benzene rings is 2. The first-order valence-electron chi connectivity index (χ1n) is 9.34. The van der Waals surface area contributed by atoms with Crippen LogP contribution in [0.1, 0.15) is 33.6 Å². The summed E-state index contributed by atoms with van der Waals surface area (Å²) in [6.45, 7) is 0.984. The fourth-order valence-corrected chi connectivity index (χ4v) is 4.07. The highest BCUT2D eigenvalue weighted by Gasteiger charge is 2.47. The molecule has 3 heterocycles. The first-order chi connectivity index (χ1) is 13.6. The van der Waals surface area contributed by atoms with Crippen LogP contribution in [0, 0.1) is 0 Å². The Kier molecular flexibility index (Phi) is 3.79. The maximum atomic E-state index is 13.1. The molecule has 1 aromatic heterocycles. The number of Topliss-reactive ketones (excluding diaryl/α,β-unsaturated/α-hetero) is 1. The van der Waals surface area contributed by atoms with Crippen molar-refractivity contribution in [2.24, 2.45) is 0 Å². The summed E-state index contributed by atoms with van der Waals surface area (Å²) in [5.41, 5.74) is 1.45. The summed E-state index contributed by atoms with van der Waals surface area (Å²) in [4.78, 5) is 27.4. The lowest BCUT2D eigenvalue weighted by Crippen LogP contribution is -2.45. The summed E-state index contributed by atoms with van der Waals surface area (Å²) in [6.07, 6.45) is 4.50. The van der Waals surface area contributed by atoms with E-state index in [-0.39, 0.29) is 11.7 Å². The average Bonchev–Trinajstić information content (AvgIpc) is 3.38. The second-order valence-corrected chi connectivity index (χ2v) is 7.36. The Hall–Kier alpha value is -3.41. The van der Waals surface area contributed by atoms with Gasteiger partial charge in [0.2, 0.25) is 0 Å². The van der Waals surface area contributed by atoms with Crippen LogP contribution in [0.4, 0.5) is 0 Å². The molecular weight excluding hydrogens is 354 g/mol. The number of amides is 1. The Morgan fingerprint density at radius 3 is 2.86 bits per heavy atom. The van der Waals surface area contributed by atoms with E-state index in [9.17, 15) is 9.59 Å². The Balaban J connectivity index is 1.38. The molecule has 2 aromatic carbocycles. The lowest BCUT2D eigenvalue weighted by atomic mass is 9.89. The number of hydrogen-bond donors (Lipinski definition) is 0. The fraction of sp³-hybridized carbons (Fsp3) is 0.227. The monoisotopic (exact) mass is 373 g/mol. The van der Waals surface area contributed by atoms with Crippen LogP contribution in [-0.4, -0.2) is 45.1 Å². The summed E-state index contributed by atoms with van der Waals surface area (Å²) in [6, 6.07) is 16.6. The van der Waals surface area contributed by atoms with Gasteiger partial charge in [0.25, 0.3) is 5.91 Å². The van der Waals surface area contributed by atoms with Crippen LogP contribution >= 0.6 is 0 Å². The summed E-state index contributed by atoms with van der Waals surface area (Å²) in [5.74, 6) is 0.645. The van der Waals surface area contributed by atoms with Gasteiger partial charge in [-0.05, 0) is 36.4 Å². The number of fused-ring (bicyclic) bond motifs is 1. The van der Waals surface area contributed by atoms with Crippen LogP contribution in [0.5, 0.6) is 5.75 Å². The van der Waals surface area contributed by atoms with Crippen molar-refractivity contribution in [2.75, 3.05) is 13.1 Å². The zero-order valence-electron chi connectivity index (χ0n) is 15.2. The SMILES string of the molecule is O=C1CC2(CCN(C(=O)c3cccc(-n4cccn4)c3)C2)Oc2ccccc21. The maximum Gasteiger partial charge on any atom is 0.254 e. The molecule has 3 aromatic rings. The van der Waals surface area contributed by atoms with Crippen LogP contribution in [0.15, 0.2) is 67.0 Å². The smallest absolute Gasteiger partial charge is 0.254 e. The van der Waals surface area contributed by atoms with E-state index in [1.807, 2.05) is 54.7 Å². The van der Waals surface area contributed by atoms with Gasteiger partial charge in [-0.25, -0.2) is 4.68 Å². The number of para-hydroxylation sites is 1. The summed E-state index contributed by atoms with van der Waals surface area (Å²) in [5, 5.41) is 4.22. The highest BCUT2D eigenvalue weighted by molar-refractivity contribution is 6.00. The van der Waals surface area contributed by atoms with Crippen LogP contribution in [0.25, 0.3) is 5.69 Å². The van der Waals surface area contributed by atoms with Crippen molar-refractivity contribution in [1.82, 2.24) is 14.7 Å². The van der Waals surface area contributed by atoms with Crippen LogP contribution in [-0.2, 0) is 0 Å². The molecule has 1 spiro atoms. The third-order valence-corrected chi connectivity index (χ3v) is 5.46. The molecule has 0 N–H and O–H groups in total. The van der Waals surface area contributed by atoms with Gasteiger partial charge in [-0.3, -0.25) is 9.59 Å². The zero-order chi connectivity index (χ0) is 19.1. The number of ketones is 1. The van der Waals surface area contributed by atoms with E-state index in [4.69, 9.17) is 4.74 Å². The normalized spacial score (nSPS) is 20.9. The van der Waals surface area contributed by atoms with Gasteiger partial charge in [0.05, 0.1) is 24.2 Å². The van der Waals surface area contributed by atoms with E-state index >= 15 is 0 Å². The van der Waals surface area contributed by atoms with Gasteiger partial charge in [-0.1, -0.05) is 18.2 Å². The van der Waals surface area contributed by atoms with Crippen molar-refractivity contribution < 1.29 is 14.3 Å². The zero-order valence-corrected chi connectivity index (χ0v) is 15.2. The quantitative estimate of drug-likeness (QED) is 0.692. The molecular formula is C22H19N3O3. The predicted molar refractivity (Wildman–Crippen MR) is 103 cm³/mol. The molecule has 0 radical (unpaired) electrons. The van der Waals surface area contributed by atoms with Crippen molar-refractivity contribution in [2.45, 2.75) is 18.4 Å². The number of nitrogens with zero attached hydrogens (tertiary/aromatic N) is 3. The van der Waals surface area contributed by atoms with Gasteiger partial charge in [0.15, 0.2) is 5.78 Å². The van der Waals surface area contributed by atoms with Crippen molar-refractivity contribution in [3.8, 4) is 11.4 Å². The molecule has 28 heavy (non-hydrogen) atoms. The molecule has 1 atom stereocenters. The van der Waals surface area contributed by atoms with Crippen molar-refractivity contribution >= 4 is 11.7 Å². The van der Waals surface area contributed by atoms with Crippen molar-refractivity contribution in [3.63, 3.8) is 0 Å². The molecule has 6 heteroatoms. The summed E-state index contributed by atoms with van der Waals surface area (Å²) < 4.78 is 7.95. The maximum absolute atomic E-state index is 13.1. The molecule has 0 bridgehead atoms. The summed E-state index contributed by atoms with van der Waals surface area (Å²) in [7, 11) is 0. The number of carbonyl (C=O) groups excluding carboxylic acids is 2. The van der Waals surface area contributed by atoms with Crippen molar-refractivity contribution in [3.05, 3.63) is 78.1 Å². The minimum absolute atomic E-state index is 0.0548. The molecule has 1 amide bonds. The van der Waals surface area contributed by atoms with Crippen LogP contribution in [0.2, 0.25) is 0 Å². The van der Waals surface area contributed by atoms with Crippen LogP contribution < -0.4 is 4.74 Å². The molecule has 140 valence electrons. The Morgan fingerprint density at radius 2 is 2.00 bits per heavy atom. The minimum Gasteiger partial charge on any atom is -0.484 e. The van der Waals surface area contributed by atoms with Crippen molar-refractivity contribution in [1.29, 1.82) is 0 Å². The van der Waals surface area contributed by atoms with Gasteiger partial charge in [0, 0.05) is 30.9 Å². The largest absolute Gasteiger partial charge is 0.484 e. The Bertz CT molecular complexity index is 1060. The highest BCUT2D eigenvalue weighted by atomic mass is 16.5. The van der Waals surface area contributed by atoms with Gasteiger partial charge in [-0.15, -0.1) is 0 Å². The van der Waals surface area contributed by atoms with E-state index in [0.29, 0.717) is 42.8 Å². The first kappa shape index (κ1) is 16.7. The molecule has 2 aliphatic rings. The molecule has 1 unspecified atom stereocenters. The molecule has 1 saturated heterocycles. The third kappa shape index (κ3) is 2.78. The second-order valence-electron chi connectivity index (χ2n) is 7.36. The number of likely N-dealkylation sites (tertiary alicyclic amines) is 1. The minimum atomic E-state index is -0.624. The number of hydrogen-bond acceptors (Lipinski definition) is 4. The molecule has 0 aliphatic carbocycles. The number of carbonyl (C=O) groups is 2. The number of ether oxygens (including phenoxy) is 1. The molecule has 0 saturated carbocycles. The molecule has 2 aliphatic heterocycles. The standard InChI is InChI=1S/C22H19N3O3/c26-19-14-22(28-20-8-2-1-7-18(19)20)9-12-24(15-22)21(27)16-5-3-6-17(13-16)25-11-4-10-23-25/h1-8,10-11,13H,9,12,14-15H2. The molecule has 5 rings (SSSR count). The van der Waals surface area contributed by atoms with E-state index in [2.05, 4.69) is 5.10 Å². The first-order valence-corrected chi connectivity index (χ1v) is 9.34. The Labute approximate surface area is 162 Å². The van der Waals surface area contributed by atoms with E-state index < -0.39 is 5.60 Å². The lowest BCUT2D eigenvalue weighted by Gasteiger charge is -2.34. The third-order valence-electron chi connectivity index (χ3n) is 5.46. The second kappa shape index (κ2) is 6.34. The Morgan fingerprint density at radius 1 is 1.11 bits per heavy atom. The van der Waals surface area contributed by atoms with E-state index in [0.717, 1.165) is 5.69 Å². The number of rotatable bonds is 2. The van der Waals surface area contributed by atoms with Crippen LogP contribution in [0.3, 0.4) is 0 Å². The lowest BCUT2D eigenvalue weighted by molar-refractivity contribution is 0.0428. The van der Waals surface area contributed by atoms with Gasteiger partial charge < -0.3 is 9.64 Å². The predicted octanol–water partition coefficient (Wildman–Crippen LogP) is 3.12. The average molecular weight is 373 g/mol. The topological polar surface area (TPSA) is 64.4 Å². The number of aromatic nitrogens is 2. The molecule has 1 fully saturated rings. The van der Waals surface area contributed by atoms with E-state index in [1.54, 1.807) is 21.8 Å². The summed E-state index contributed by atoms with van der Waals surface area (Å²) >= 11 is 0. The van der Waals surface area contributed by atoms with E-state index in [1.165, 1.54) is 0 Å².